The summed E-state index contributed by atoms with van der Waals surface area (Å²) < 4.78 is 54.3. The van der Waals surface area contributed by atoms with Crippen LogP contribution in [0, 0.1) is 0 Å². The van der Waals surface area contributed by atoms with E-state index in [4.69, 9.17) is 59.4 Å². The Morgan fingerprint density at radius 2 is 1.25 bits per heavy atom. The molecular formula is C26H52N6O19S. The maximum atomic E-state index is 12.7. The van der Waals surface area contributed by atoms with Gasteiger partial charge in [-0.25, -0.2) is 0 Å². The van der Waals surface area contributed by atoms with Crippen LogP contribution >= 0.6 is 0 Å². The van der Waals surface area contributed by atoms with E-state index in [0.29, 0.717) is 0 Å². The third-order valence-electron chi connectivity index (χ3n) is 8.50. The highest BCUT2D eigenvalue weighted by Gasteiger charge is 2.52. The van der Waals surface area contributed by atoms with Crippen LogP contribution < -0.4 is 33.6 Å². The lowest BCUT2D eigenvalue weighted by Gasteiger charge is -2.49. The van der Waals surface area contributed by atoms with E-state index in [1.807, 2.05) is 0 Å². The molecule has 0 spiro atoms. The summed E-state index contributed by atoms with van der Waals surface area (Å²) in [6.45, 7) is -1.15. The summed E-state index contributed by atoms with van der Waals surface area (Å²) in [5.41, 5.74) is 23.0. The lowest BCUT2D eigenvalue weighted by Crippen LogP contribution is -2.69. The number of aliphatic hydroxyl groups is 9. The summed E-state index contributed by atoms with van der Waals surface area (Å²) in [5, 5.41) is 98.4. The average Bonchev–Trinajstić information content (AvgIpc) is 3.06. The summed E-state index contributed by atoms with van der Waals surface area (Å²) in [7, 11) is -4.67. The van der Waals surface area contributed by atoms with Crippen molar-refractivity contribution in [1.82, 2.24) is 10.6 Å². The van der Waals surface area contributed by atoms with Crippen LogP contribution in [0.1, 0.15) is 19.3 Å². The highest BCUT2D eigenvalue weighted by Crippen LogP contribution is 2.32. The molecule has 0 aromatic heterocycles. The number of ether oxygens (including phenoxy) is 4. The molecule has 1 aliphatic carbocycles. The van der Waals surface area contributed by atoms with Crippen molar-refractivity contribution in [1.29, 1.82) is 0 Å². The largest absolute Gasteiger partial charge is 0.394 e. The van der Waals surface area contributed by atoms with E-state index in [1.165, 1.54) is 0 Å². The average molecular weight is 785 g/mol. The summed E-state index contributed by atoms with van der Waals surface area (Å²) in [6, 6.07) is -3.66. The van der Waals surface area contributed by atoms with Gasteiger partial charge >= 0.3 is 10.4 Å². The quantitative estimate of drug-likeness (QED) is 0.0727. The number of hydrogen-bond acceptors (Lipinski definition) is 21. The lowest BCUT2D eigenvalue weighted by molar-refractivity contribution is -0.333. The zero-order valence-electron chi connectivity index (χ0n) is 27.7. The monoisotopic (exact) mass is 784 g/mol. The third kappa shape index (κ3) is 12.9. The highest BCUT2D eigenvalue weighted by molar-refractivity contribution is 7.79. The third-order valence-corrected chi connectivity index (χ3v) is 8.50. The molecule has 0 bridgehead atoms. The Morgan fingerprint density at radius 1 is 0.750 bits per heavy atom. The van der Waals surface area contributed by atoms with Gasteiger partial charge in [-0.15, -0.1) is 0 Å². The van der Waals surface area contributed by atoms with Gasteiger partial charge in [0.1, 0.15) is 73.2 Å². The predicted octanol–water partition coefficient (Wildman–Crippen LogP) is -10.2. The van der Waals surface area contributed by atoms with Gasteiger partial charge in [-0.2, -0.15) is 8.42 Å². The van der Waals surface area contributed by atoms with Crippen LogP contribution in [0.2, 0.25) is 0 Å². The smallest absolute Gasteiger partial charge is 0.394 e. The van der Waals surface area contributed by atoms with Crippen LogP contribution in [0.4, 0.5) is 0 Å². The van der Waals surface area contributed by atoms with Gasteiger partial charge in [-0.05, 0) is 32.4 Å². The van der Waals surface area contributed by atoms with Crippen molar-refractivity contribution in [3.63, 3.8) is 0 Å². The van der Waals surface area contributed by atoms with Crippen molar-refractivity contribution in [2.75, 3.05) is 26.2 Å². The Morgan fingerprint density at radius 3 is 1.79 bits per heavy atom. The van der Waals surface area contributed by atoms with E-state index >= 15 is 0 Å². The standard InChI is InChI=1S/C26H50N6O15.H2O4S/c27-3-1-10(34)23(42)31-6-12-16(37)18(39)19(40)26(44-12)46-21-8(29)5-9(32-24(43)11(35)2-4-28)22(20(21)41)47-25-17(38)14(30)15(36)13(7-33)45-25;1-5(2,3)4/h8-22,25-26,33-41H,1-7,27-30H2,(H,31,42)(H,32,43);(H2,1,2,3,4)/t8-,9+,10-,11-,12?,13?,14+,15+,16+,17?,18+,19?,20-,21+,22-,25+,26-;/m0./s1. The van der Waals surface area contributed by atoms with Gasteiger partial charge in [0.05, 0.1) is 18.7 Å². The lowest BCUT2D eigenvalue weighted by atomic mass is 9.83. The van der Waals surface area contributed by atoms with Crippen molar-refractivity contribution in [2.45, 2.75) is 123 Å². The van der Waals surface area contributed by atoms with Crippen molar-refractivity contribution in [2.24, 2.45) is 22.9 Å². The first kappa shape index (κ1) is 46.3. The molecule has 306 valence electrons. The molecule has 0 radical (unpaired) electrons. The molecule has 3 fully saturated rings. The summed E-state index contributed by atoms with van der Waals surface area (Å²) in [5.74, 6) is -1.72. The van der Waals surface area contributed by atoms with Gasteiger partial charge in [0.15, 0.2) is 12.6 Å². The van der Waals surface area contributed by atoms with E-state index < -0.39 is 139 Å². The number of rotatable bonds is 14. The molecule has 0 aromatic carbocycles. The minimum Gasteiger partial charge on any atom is -0.394 e. The van der Waals surface area contributed by atoms with Crippen LogP contribution in [0.25, 0.3) is 0 Å². The first-order valence-corrected chi connectivity index (χ1v) is 17.4. The van der Waals surface area contributed by atoms with Gasteiger partial charge in [0, 0.05) is 12.6 Å². The SMILES string of the molecule is NCC[C@H](O)C(=O)NCC1O[C@@H](O[C@H]2[C@H](O)[C@@H](O[C@H]3OC(CO)[C@@H](O)[C@@H](N)C3O)[C@H](NC(=O)[C@@H](O)CCN)C[C@@H]2N)C(O)[C@H](O)[C@@H]1O.O=S(=O)(O)O. The molecule has 2 aliphatic heterocycles. The van der Waals surface area contributed by atoms with Crippen LogP contribution in [0.3, 0.4) is 0 Å². The fraction of sp³-hybridized carbons (Fsp3) is 0.923. The Balaban J connectivity index is 0.00000175. The molecular weight excluding hydrogens is 732 g/mol. The second-order valence-corrected chi connectivity index (χ2v) is 13.3. The molecule has 3 rings (SSSR count). The topological polar surface area (TPSA) is 456 Å². The van der Waals surface area contributed by atoms with Gasteiger partial charge in [0.2, 0.25) is 11.8 Å². The number of aliphatic hydroxyl groups excluding tert-OH is 9. The number of nitrogens with two attached hydrogens (primary N) is 4. The fourth-order valence-corrected chi connectivity index (χ4v) is 5.65. The van der Waals surface area contributed by atoms with E-state index in [9.17, 15) is 55.5 Å². The Labute approximate surface area is 297 Å². The zero-order valence-corrected chi connectivity index (χ0v) is 28.5. The van der Waals surface area contributed by atoms with Gasteiger partial charge in [-0.3, -0.25) is 18.7 Å². The first-order valence-electron chi connectivity index (χ1n) is 16.0. The highest BCUT2D eigenvalue weighted by atomic mass is 32.3. The van der Waals surface area contributed by atoms with Crippen LogP contribution in [-0.4, -0.2) is 205 Å². The molecule has 25 nitrogen and oxygen atoms in total. The number of carbonyl (C=O) groups excluding carboxylic acids is 2. The minimum atomic E-state index is -4.67. The Hall–Kier alpha value is -1.87. The van der Waals surface area contributed by atoms with Crippen LogP contribution in [0.5, 0.6) is 0 Å². The van der Waals surface area contributed by atoms with Crippen molar-refractivity contribution >= 4 is 22.2 Å². The molecule has 26 heteroatoms. The maximum Gasteiger partial charge on any atom is 0.394 e. The maximum absolute atomic E-state index is 12.7. The molecule has 52 heavy (non-hydrogen) atoms. The van der Waals surface area contributed by atoms with Crippen LogP contribution in [-0.2, 0) is 38.9 Å². The molecule has 2 heterocycles. The predicted molar refractivity (Wildman–Crippen MR) is 169 cm³/mol. The number of amides is 2. The summed E-state index contributed by atoms with van der Waals surface area (Å²) in [6.07, 6.45) is -22.9. The summed E-state index contributed by atoms with van der Waals surface area (Å²) in [4.78, 5) is 24.8. The number of carbonyl (C=O) groups is 2. The van der Waals surface area contributed by atoms with Gasteiger partial charge in [0.25, 0.3) is 0 Å². The minimum absolute atomic E-state index is 0.0219. The van der Waals surface area contributed by atoms with E-state index in [-0.39, 0.29) is 32.4 Å². The van der Waals surface area contributed by atoms with Gasteiger partial charge < -0.3 is 98.5 Å². The second kappa shape index (κ2) is 20.7. The second-order valence-electron chi connectivity index (χ2n) is 12.4. The van der Waals surface area contributed by atoms with E-state index in [2.05, 4.69) is 10.6 Å². The molecule has 21 N–H and O–H groups in total. The van der Waals surface area contributed by atoms with Crippen molar-refractivity contribution < 1.29 is 92.0 Å². The van der Waals surface area contributed by atoms with Crippen molar-refractivity contribution in [3.05, 3.63) is 0 Å². The molecule has 1 saturated carbocycles. The molecule has 4 unspecified atom stereocenters. The number of hydrogen-bond donors (Lipinski definition) is 17. The molecule has 17 atom stereocenters. The first-order chi connectivity index (χ1) is 24.2. The fourth-order valence-electron chi connectivity index (χ4n) is 5.65. The molecule has 0 aromatic rings. The summed E-state index contributed by atoms with van der Waals surface area (Å²) >= 11 is 0. The normalized spacial score (nSPS) is 39.4. The molecule has 2 amide bonds. The Bertz CT molecular complexity index is 1220. The molecule has 2 saturated heterocycles. The molecule has 3 aliphatic rings. The zero-order chi connectivity index (χ0) is 39.7. The van der Waals surface area contributed by atoms with Crippen molar-refractivity contribution in [3.8, 4) is 0 Å². The van der Waals surface area contributed by atoms with E-state index in [1.54, 1.807) is 0 Å². The Kier molecular flexibility index (Phi) is 18.4. The van der Waals surface area contributed by atoms with Gasteiger partial charge in [-0.1, -0.05) is 0 Å². The van der Waals surface area contributed by atoms with E-state index in [0.717, 1.165) is 0 Å². The van der Waals surface area contributed by atoms with Crippen LogP contribution in [0.15, 0.2) is 0 Å². The number of nitrogens with one attached hydrogen (secondary N) is 2.